The molecule has 10 heteroatoms. The first kappa shape index (κ1) is 20.5. The zero-order valence-corrected chi connectivity index (χ0v) is 17.5. The number of halogens is 2. The van der Waals surface area contributed by atoms with E-state index in [9.17, 15) is 13.6 Å². The van der Waals surface area contributed by atoms with Crippen LogP contribution < -0.4 is 5.69 Å². The van der Waals surface area contributed by atoms with Crippen molar-refractivity contribution in [3.8, 4) is 11.5 Å². The van der Waals surface area contributed by atoms with Crippen LogP contribution in [0, 0.1) is 0 Å². The van der Waals surface area contributed by atoms with Crippen LogP contribution in [-0.4, -0.2) is 49.4 Å². The van der Waals surface area contributed by atoms with E-state index in [-0.39, 0.29) is 17.6 Å². The van der Waals surface area contributed by atoms with E-state index in [1.54, 1.807) is 22.9 Å². The molecule has 4 aromatic rings. The lowest BCUT2D eigenvalue weighted by Crippen LogP contribution is -2.36. The number of likely N-dealkylation sites (tertiary alicyclic amines) is 1. The topological polar surface area (TPSA) is 82.0 Å². The normalized spacial score (nSPS) is 15.8. The number of hydrogen-bond donors (Lipinski definition) is 0. The summed E-state index contributed by atoms with van der Waals surface area (Å²) in [6.07, 6.45) is 0.724. The third-order valence-electron chi connectivity index (χ3n) is 5.94. The first-order valence-electron chi connectivity index (χ1n) is 10.5. The SMILES string of the molecule is CN1CCC(n2c(=O)n(Cc3ccc(-c4nnc(C(F)F)o4)cc3)c3ncccc32)CC1. The van der Waals surface area contributed by atoms with Gasteiger partial charge in [-0.25, -0.2) is 9.78 Å². The predicted molar refractivity (Wildman–Crippen MR) is 114 cm³/mol. The van der Waals surface area contributed by atoms with Crippen molar-refractivity contribution in [1.29, 1.82) is 0 Å². The number of imidazole rings is 1. The summed E-state index contributed by atoms with van der Waals surface area (Å²) < 4.78 is 33.9. The highest BCUT2D eigenvalue weighted by Gasteiger charge is 2.24. The molecule has 0 saturated carbocycles. The van der Waals surface area contributed by atoms with Gasteiger partial charge < -0.3 is 9.32 Å². The maximum absolute atomic E-state index is 13.4. The summed E-state index contributed by atoms with van der Waals surface area (Å²) in [7, 11) is 2.09. The molecule has 0 N–H and O–H groups in total. The van der Waals surface area contributed by atoms with E-state index in [0.717, 1.165) is 37.0 Å². The molecule has 1 aromatic carbocycles. The van der Waals surface area contributed by atoms with Gasteiger partial charge in [0.15, 0.2) is 5.65 Å². The van der Waals surface area contributed by atoms with E-state index in [2.05, 4.69) is 27.1 Å². The smallest absolute Gasteiger partial charge is 0.330 e. The molecule has 1 aliphatic heterocycles. The predicted octanol–water partition coefficient (Wildman–Crippen LogP) is 3.50. The molecule has 32 heavy (non-hydrogen) atoms. The fraction of sp³-hybridized carbons (Fsp3) is 0.364. The molecule has 0 bridgehead atoms. The summed E-state index contributed by atoms with van der Waals surface area (Å²) in [5.74, 6) is -0.673. The number of pyridine rings is 1. The Morgan fingerprint density at radius 1 is 1.12 bits per heavy atom. The number of benzene rings is 1. The van der Waals surface area contributed by atoms with E-state index >= 15 is 0 Å². The first-order valence-corrected chi connectivity index (χ1v) is 10.5. The molecule has 0 radical (unpaired) electrons. The highest BCUT2D eigenvalue weighted by Crippen LogP contribution is 2.26. The van der Waals surface area contributed by atoms with Crippen LogP contribution in [-0.2, 0) is 6.54 Å². The fourth-order valence-corrected chi connectivity index (χ4v) is 4.23. The lowest BCUT2D eigenvalue weighted by atomic mass is 10.1. The number of rotatable bonds is 5. The molecule has 0 unspecified atom stereocenters. The standard InChI is InChI=1S/C22H22F2N6O2/c1-28-11-8-16(9-12-28)30-17-3-2-10-25-19(17)29(22(30)31)13-14-4-6-15(7-5-14)20-26-27-21(32-20)18(23)24/h2-7,10,16,18H,8-9,11-13H2,1H3. The van der Waals surface area contributed by atoms with Gasteiger partial charge in [-0.05, 0) is 62.8 Å². The molecule has 1 saturated heterocycles. The average molecular weight is 440 g/mol. The molecule has 1 aliphatic rings. The van der Waals surface area contributed by atoms with Crippen LogP contribution in [0.3, 0.4) is 0 Å². The Morgan fingerprint density at radius 3 is 2.56 bits per heavy atom. The van der Waals surface area contributed by atoms with Crippen LogP contribution in [0.4, 0.5) is 8.78 Å². The van der Waals surface area contributed by atoms with Gasteiger partial charge in [-0.1, -0.05) is 12.1 Å². The Balaban J connectivity index is 1.45. The molecule has 0 spiro atoms. The number of nitrogens with zero attached hydrogens (tertiary/aromatic N) is 6. The lowest BCUT2D eigenvalue weighted by Gasteiger charge is -2.29. The monoisotopic (exact) mass is 440 g/mol. The largest absolute Gasteiger partial charge is 0.415 e. The molecule has 5 rings (SSSR count). The van der Waals surface area contributed by atoms with Gasteiger partial charge in [-0.3, -0.25) is 9.13 Å². The van der Waals surface area contributed by atoms with Crippen LogP contribution >= 0.6 is 0 Å². The Bertz CT molecular complexity index is 1290. The van der Waals surface area contributed by atoms with Crippen molar-refractivity contribution in [2.45, 2.75) is 31.9 Å². The summed E-state index contributed by atoms with van der Waals surface area (Å²) in [6.45, 7) is 2.25. The quantitative estimate of drug-likeness (QED) is 0.473. The van der Waals surface area contributed by atoms with Crippen molar-refractivity contribution in [2.75, 3.05) is 20.1 Å². The van der Waals surface area contributed by atoms with Crippen molar-refractivity contribution in [1.82, 2.24) is 29.2 Å². The molecule has 166 valence electrons. The minimum absolute atomic E-state index is 0.0320. The van der Waals surface area contributed by atoms with Gasteiger partial charge in [0.1, 0.15) is 0 Å². The summed E-state index contributed by atoms with van der Waals surface area (Å²) in [5.41, 5.74) is 2.83. The molecule has 1 fully saturated rings. The highest BCUT2D eigenvalue weighted by atomic mass is 19.3. The van der Waals surface area contributed by atoms with Crippen molar-refractivity contribution in [3.63, 3.8) is 0 Å². The fourth-order valence-electron chi connectivity index (χ4n) is 4.23. The average Bonchev–Trinajstić information content (AvgIpc) is 3.40. The summed E-state index contributed by atoms with van der Waals surface area (Å²) in [4.78, 5) is 20.1. The van der Waals surface area contributed by atoms with E-state index in [1.165, 1.54) is 0 Å². The minimum Gasteiger partial charge on any atom is -0.415 e. The van der Waals surface area contributed by atoms with Gasteiger partial charge in [0.25, 0.3) is 5.89 Å². The van der Waals surface area contributed by atoms with Crippen LogP contribution in [0.5, 0.6) is 0 Å². The number of fused-ring (bicyclic) bond motifs is 1. The highest BCUT2D eigenvalue weighted by molar-refractivity contribution is 5.71. The molecule has 0 atom stereocenters. The number of hydrogen-bond acceptors (Lipinski definition) is 6. The lowest BCUT2D eigenvalue weighted by molar-refractivity contribution is 0.116. The van der Waals surface area contributed by atoms with Crippen molar-refractivity contribution in [2.24, 2.45) is 0 Å². The van der Waals surface area contributed by atoms with Gasteiger partial charge in [-0.15, -0.1) is 10.2 Å². The van der Waals surface area contributed by atoms with E-state index in [4.69, 9.17) is 4.42 Å². The zero-order valence-electron chi connectivity index (χ0n) is 17.5. The van der Waals surface area contributed by atoms with Crippen LogP contribution in [0.1, 0.15) is 36.8 Å². The molecule has 0 amide bonds. The van der Waals surface area contributed by atoms with E-state index < -0.39 is 12.3 Å². The van der Waals surface area contributed by atoms with Gasteiger partial charge in [0.2, 0.25) is 5.89 Å². The third-order valence-corrected chi connectivity index (χ3v) is 5.94. The number of alkyl halides is 2. The second-order valence-corrected chi connectivity index (χ2v) is 8.06. The summed E-state index contributed by atoms with van der Waals surface area (Å²) >= 11 is 0. The van der Waals surface area contributed by atoms with Gasteiger partial charge in [-0.2, -0.15) is 8.78 Å². The van der Waals surface area contributed by atoms with Gasteiger partial charge >= 0.3 is 12.1 Å². The third kappa shape index (κ3) is 3.70. The first-order chi connectivity index (χ1) is 15.5. The second-order valence-electron chi connectivity index (χ2n) is 8.06. The molecule has 3 aromatic heterocycles. The molecular formula is C22H22F2N6O2. The molecular weight excluding hydrogens is 418 g/mol. The Kier molecular flexibility index (Phi) is 5.30. The number of aromatic nitrogens is 5. The van der Waals surface area contributed by atoms with Gasteiger partial charge in [0, 0.05) is 17.8 Å². The zero-order chi connectivity index (χ0) is 22.2. The summed E-state index contributed by atoms with van der Waals surface area (Å²) in [5, 5.41) is 7.02. The molecule has 4 heterocycles. The number of piperidine rings is 1. The van der Waals surface area contributed by atoms with Crippen molar-refractivity contribution >= 4 is 11.2 Å². The van der Waals surface area contributed by atoms with Crippen molar-refractivity contribution < 1.29 is 13.2 Å². The Labute approximate surface area is 182 Å². The van der Waals surface area contributed by atoms with Gasteiger partial charge in [0.05, 0.1) is 12.1 Å². The Hall–Kier alpha value is -3.40. The molecule has 0 aliphatic carbocycles. The second kappa shape index (κ2) is 8.27. The minimum atomic E-state index is -2.81. The van der Waals surface area contributed by atoms with E-state index in [0.29, 0.717) is 17.8 Å². The summed E-state index contributed by atoms with van der Waals surface area (Å²) in [6, 6.07) is 11.0. The Morgan fingerprint density at radius 2 is 1.88 bits per heavy atom. The maximum Gasteiger partial charge on any atom is 0.330 e. The van der Waals surface area contributed by atoms with Crippen LogP contribution in [0.25, 0.3) is 22.6 Å². The van der Waals surface area contributed by atoms with Crippen molar-refractivity contribution in [3.05, 3.63) is 64.5 Å². The van der Waals surface area contributed by atoms with Crippen LogP contribution in [0.2, 0.25) is 0 Å². The molecule has 8 nitrogen and oxygen atoms in total. The van der Waals surface area contributed by atoms with Crippen LogP contribution in [0.15, 0.2) is 51.8 Å². The van der Waals surface area contributed by atoms with E-state index in [1.807, 2.05) is 28.8 Å². The maximum atomic E-state index is 13.4.